The van der Waals surface area contributed by atoms with Crippen LogP contribution in [-0.2, 0) is 9.53 Å². The van der Waals surface area contributed by atoms with Crippen LogP contribution in [-0.4, -0.2) is 54.4 Å². The second-order valence-corrected chi connectivity index (χ2v) is 3.25. The molecule has 0 bridgehead atoms. The normalized spacial score (nSPS) is 23.8. The number of hydrogen-bond acceptors (Lipinski definition) is 4. The van der Waals surface area contributed by atoms with Crippen LogP contribution in [0.25, 0.3) is 0 Å². The summed E-state index contributed by atoms with van der Waals surface area (Å²) in [4.78, 5) is 12.6. The molecule has 1 heterocycles. The predicted octanol–water partition coefficient (Wildman–Crippen LogP) is -0.881. The molecule has 0 amide bonds. The Hall–Kier alpha value is -0.650. The highest BCUT2D eigenvalue weighted by Crippen LogP contribution is 2.06. The maximum absolute atomic E-state index is 10.6. The number of carboxylic acids is 1. The van der Waals surface area contributed by atoms with E-state index < -0.39 is 12.0 Å². The van der Waals surface area contributed by atoms with E-state index in [2.05, 4.69) is 0 Å². The molecule has 1 aliphatic rings. The molecule has 2 unspecified atom stereocenters. The fraction of sp³-hybridized carbons (Fsp3) is 0.875. The summed E-state index contributed by atoms with van der Waals surface area (Å²) in [6.07, 6.45) is 0. The highest BCUT2D eigenvalue weighted by atomic mass is 16.5. The number of carbonyl (C=O) groups is 1. The zero-order valence-electron chi connectivity index (χ0n) is 7.77. The molecule has 0 radical (unpaired) electrons. The van der Waals surface area contributed by atoms with Crippen molar-refractivity contribution in [1.29, 1.82) is 0 Å². The lowest BCUT2D eigenvalue weighted by Crippen LogP contribution is -2.53. The Morgan fingerprint density at radius 3 is 2.54 bits per heavy atom. The SMILES string of the molecule is CC(C(N)C(=O)O)N1CCOCC1. The molecule has 76 valence electrons. The number of morpholine rings is 1. The lowest BCUT2D eigenvalue weighted by atomic mass is 10.1. The summed E-state index contributed by atoms with van der Waals surface area (Å²) in [6.45, 7) is 4.70. The fourth-order valence-electron chi connectivity index (χ4n) is 1.42. The number of aliphatic carboxylic acids is 1. The van der Waals surface area contributed by atoms with Gasteiger partial charge in [-0.2, -0.15) is 0 Å². The molecule has 0 aliphatic carbocycles. The van der Waals surface area contributed by atoms with Gasteiger partial charge in [0.05, 0.1) is 13.2 Å². The molecular weight excluding hydrogens is 172 g/mol. The lowest BCUT2D eigenvalue weighted by Gasteiger charge is -2.33. The van der Waals surface area contributed by atoms with E-state index in [0.717, 1.165) is 13.1 Å². The highest BCUT2D eigenvalue weighted by molar-refractivity contribution is 5.74. The third kappa shape index (κ3) is 2.65. The molecule has 0 aromatic rings. The van der Waals surface area contributed by atoms with Crippen LogP contribution in [0, 0.1) is 0 Å². The Morgan fingerprint density at radius 1 is 1.54 bits per heavy atom. The molecule has 0 saturated carbocycles. The minimum absolute atomic E-state index is 0.124. The first-order valence-corrected chi connectivity index (χ1v) is 4.43. The van der Waals surface area contributed by atoms with Crippen molar-refractivity contribution in [2.24, 2.45) is 5.73 Å². The first kappa shape index (κ1) is 10.4. The van der Waals surface area contributed by atoms with Crippen molar-refractivity contribution in [2.45, 2.75) is 19.0 Å². The van der Waals surface area contributed by atoms with E-state index in [-0.39, 0.29) is 6.04 Å². The predicted molar refractivity (Wildman–Crippen MR) is 47.5 cm³/mol. The molecule has 5 heteroatoms. The van der Waals surface area contributed by atoms with Gasteiger partial charge in [0.25, 0.3) is 0 Å². The maximum atomic E-state index is 10.6. The number of nitrogens with zero attached hydrogens (tertiary/aromatic N) is 1. The summed E-state index contributed by atoms with van der Waals surface area (Å²) in [5.74, 6) is -0.945. The molecule has 1 saturated heterocycles. The molecule has 5 nitrogen and oxygen atoms in total. The molecule has 0 spiro atoms. The lowest BCUT2D eigenvalue weighted by molar-refractivity contribution is -0.140. The molecule has 13 heavy (non-hydrogen) atoms. The number of nitrogens with two attached hydrogens (primary N) is 1. The largest absolute Gasteiger partial charge is 0.480 e. The zero-order valence-corrected chi connectivity index (χ0v) is 7.77. The van der Waals surface area contributed by atoms with Crippen molar-refractivity contribution >= 4 is 5.97 Å². The monoisotopic (exact) mass is 188 g/mol. The molecule has 0 aromatic carbocycles. The molecule has 2 atom stereocenters. The second-order valence-electron chi connectivity index (χ2n) is 3.25. The van der Waals surface area contributed by atoms with Crippen LogP contribution in [0.15, 0.2) is 0 Å². The van der Waals surface area contributed by atoms with Crippen LogP contribution in [0.5, 0.6) is 0 Å². The van der Waals surface area contributed by atoms with Gasteiger partial charge in [0, 0.05) is 19.1 Å². The van der Waals surface area contributed by atoms with Gasteiger partial charge >= 0.3 is 5.97 Å². The number of hydrogen-bond donors (Lipinski definition) is 2. The first-order chi connectivity index (χ1) is 6.13. The quantitative estimate of drug-likeness (QED) is 0.601. The van der Waals surface area contributed by atoms with Crippen LogP contribution in [0.2, 0.25) is 0 Å². The van der Waals surface area contributed by atoms with Crippen molar-refractivity contribution in [3.05, 3.63) is 0 Å². The van der Waals surface area contributed by atoms with Gasteiger partial charge < -0.3 is 15.6 Å². The average Bonchev–Trinajstić information content (AvgIpc) is 2.17. The third-order valence-corrected chi connectivity index (χ3v) is 2.43. The Kier molecular flexibility index (Phi) is 3.65. The Balaban J connectivity index is 2.44. The third-order valence-electron chi connectivity index (χ3n) is 2.43. The standard InChI is InChI=1S/C8H16N2O3/c1-6(7(9)8(11)12)10-2-4-13-5-3-10/h6-7H,2-5,9H2,1H3,(H,11,12). The van der Waals surface area contributed by atoms with Gasteiger partial charge in [0.1, 0.15) is 6.04 Å². The van der Waals surface area contributed by atoms with Crippen LogP contribution in [0.3, 0.4) is 0 Å². The van der Waals surface area contributed by atoms with Crippen LogP contribution in [0.1, 0.15) is 6.92 Å². The summed E-state index contributed by atoms with van der Waals surface area (Å²) in [5.41, 5.74) is 5.51. The summed E-state index contributed by atoms with van der Waals surface area (Å²) in [6, 6.07) is -0.931. The first-order valence-electron chi connectivity index (χ1n) is 4.43. The minimum Gasteiger partial charge on any atom is -0.480 e. The highest BCUT2D eigenvalue weighted by Gasteiger charge is 2.26. The van der Waals surface area contributed by atoms with Crippen molar-refractivity contribution in [3.63, 3.8) is 0 Å². The molecule has 0 aromatic heterocycles. The van der Waals surface area contributed by atoms with Crippen LogP contribution < -0.4 is 5.73 Å². The summed E-state index contributed by atoms with van der Waals surface area (Å²) >= 11 is 0. The van der Waals surface area contributed by atoms with Crippen LogP contribution in [0.4, 0.5) is 0 Å². The van der Waals surface area contributed by atoms with Gasteiger partial charge in [-0.25, -0.2) is 0 Å². The van der Waals surface area contributed by atoms with E-state index in [9.17, 15) is 4.79 Å². The second kappa shape index (κ2) is 4.55. The van der Waals surface area contributed by atoms with Crippen molar-refractivity contribution in [2.75, 3.05) is 26.3 Å². The number of ether oxygens (including phenoxy) is 1. The van der Waals surface area contributed by atoms with Gasteiger partial charge in [0.2, 0.25) is 0 Å². The molecule has 1 rings (SSSR count). The van der Waals surface area contributed by atoms with Gasteiger partial charge in [0.15, 0.2) is 0 Å². The summed E-state index contributed by atoms with van der Waals surface area (Å²) in [5, 5.41) is 8.70. The van der Waals surface area contributed by atoms with E-state index in [1.165, 1.54) is 0 Å². The molecule has 3 N–H and O–H groups in total. The fourth-order valence-corrected chi connectivity index (χ4v) is 1.42. The van der Waals surface area contributed by atoms with Gasteiger partial charge in [-0.3, -0.25) is 9.69 Å². The molecule has 1 aliphatic heterocycles. The topological polar surface area (TPSA) is 75.8 Å². The Bertz CT molecular complexity index is 180. The summed E-state index contributed by atoms with van der Waals surface area (Å²) in [7, 11) is 0. The molecule has 1 fully saturated rings. The zero-order chi connectivity index (χ0) is 9.84. The Morgan fingerprint density at radius 2 is 2.08 bits per heavy atom. The van der Waals surface area contributed by atoms with Crippen molar-refractivity contribution in [1.82, 2.24) is 4.90 Å². The molecular formula is C8H16N2O3. The maximum Gasteiger partial charge on any atom is 0.322 e. The van der Waals surface area contributed by atoms with E-state index in [4.69, 9.17) is 15.6 Å². The van der Waals surface area contributed by atoms with E-state index in [1.807, 2.05) is 11.8 Å². The Labute approximate surface area is 77.5 Å². The van der Waals surface area contributed by atoms with Gasteiger partial charge in [-0.05, 0) is 6.92 Å². The minimum atomic E-state index is -0.945. The summed E-state index contributed by atoms with van der Waals surface area (Å²) < 4.78 is 5.16. The van der Waals surface area contributed by atoms with E-state index in [0.29, 0.717) is 13.2 Å². The number of rotatable bonds is 3. The average molecular weight is 188 g/mol. The van der Waals surface area contributed by atoms with Crippen molar-refractivity contribution in [3.8, 4) is 0 Å². The van der Waals surface area contributed by atoms with Gasteiger partial charge in [-0.1, -0.05) is 0 Å². The van der Waals surface area contributed by atoms with E-state index in [1.54, 1.807) is 0 Å². The van der Waals surface area contributed by atoms with Gasteiger partial charge in [-0.15, -0.1) is 0 Å². The van der Waals surface area contributed by atoms with Crippen LogP contribution >= 0.6 is 0 Å². The van der Waals surface area contributed by atoms with E-state index >= 15 is 0 Å². The number of carboxylic acid groups (broad SMARTS) is 1. The van der Waals surface area contributed by atoms with Crippen molar-refractivity contribution < 1.29 is 14.6 Å². The smallest absolute Gasteiger partial charge is 0.322 e.